The van der Waals surface area contributed by atoms with Crippen molar-refractivity contribution in [1.82, 2.24) is 5.43 Å². The number of hydrazone groups is 1. The molecule has 0 atom stereocenters. The summed E-state index contributed by atoms with van der Waals surface area (Å²) in [6.45, 7) is 10.3. The molecule has 0 aromatic heterocycles. The van der Waals surface area contributed by atoms with Crippen molar-refractivity contribution in [2.24, 2.45) is 5.10 Å². The van der Waals surface area contributed by atoms with Gasteiger partial charge in [-0.3, -0.25) is 4.79 Å². The molecule has 0 unspecified atom stereocenters. The summed E-state index contributed by atoms with van der Waals surface area (Å²) in [5.41, 5.74) is 7.15. The van der Waals surface area contributed by atoms with E-state index < -0.39 is 0 Å². The largest absolute Gasteiger partial charge is 0.484 e. The molecular formula is C28H33N3O2. The first kappa shape index (κ1) is 24.1. The van der Waals surface area contributed by atoms with Gasteiger partial charge in [-0.2, -0.15) is 5.10 Å². The normalized spacial score (nSPS) is 11.4. The molecule has 5 heteroatoms. The number of nitrogens with one attached hydrogen (secondary N) is 1. The van der Waals surface area contributed by atoms with Crippen LogP contribution in [0.3, 0.4) is 0 Å². The molecular weight excluding hydrogens is 410 g/mol. The molecule has 33 heavy (non-hydrogen) atoms. The summed E-state index contributed by atoms with van der Waals surface area (Å²) in [4.78, 5) is 14.3. The van der Waals surface area contributed by atoms with Crippen LogP contribution in [0.2, 0.25) is 0 Å². The Morgan fingerprint density at radius 1 is 0.970 bits per heavy atom. The summed E-state index contributed by atoms with van der Waals surface area (Å²) in [6, 6.07) is 26.4. The van der Waals surface area contributed by atoms with E-state index in [1.54, 1.807) is 6.21 Å². The number of nitrogens with zero attached hydrogens (tertiary/aromatic N) is 2. The maximum absolute atomic E-state index is 12.0. The third-order valence-corrected chi connectivity index (χ3v) is 5.35. The fourth-order valence-corrected chi connectivity index (χ4v) is 3.37. The zero-order chi connectivity index (χ0) is 23.7. The molecule has 3 aromatic rings. The third kappa shape index (κ3) is 7.49. The Bertz CT molecular complexity index is 1040. The Balaban J connectivity index is 1.47. The topological polar surface area (TPSA) is 53.9 Å². The predicted molar refractivity (Wildman–Crippen MR) is 136 cm³/mol. The maximum atomic E-state index is 12.0. The molecule has 0 aliphatic heterocycles. The fraction of sp³-hybridized carbons (Fsp3) is 0.286. The molecule has 5 nitrogen and oxygen atoms in total. The summed E-state index contributed by atoms with van der Waals surface area (Å²) in [5.74, 6) is 0.358. The van der Waals surface area contributed by atoms with E-state index in [0.29, 0.717) is 5.75 Å². The lowest BCUT2D eigenvalue weighted by Crippen LogP contribution is -2.24. The SMILES string of the molecule is CCN(Cc1ccccc1)c1ccc(/C=N/NC(=O)COc2ccc(C(C)(C)C)cc2)cc1. The summed E-state index contributed by atoms with van der Waals surface area (Å²) in [7, 11) is 0. The number of carbonyl (C=O) groups is 1. The second-order valence-electron chi connectivity index (χ2n) is 8.95. The van der Waals surface area contributed by atoms with Crippen LogP contribution in [0.5, 0.6) is 5.75 Å². The monoisotopic (exact) mass is 443 g/mol. The second kappa shape index (κ2) is 11.3. The standard InChI is InChI=1S/C28H33N3O2/c1-5-31(20-23-9-7-6-8-10-23)25-15-11-22(12-16-25)19-29-30-27(32)21-33-26-17-13-24(14-18-26)28(2,3)4/h6-19H,5,20-21H2,1-4H3,(H,30,32)/b29-19+. The highest BCUT2D eigenvalue weighted by atomic mass is 16.5. The summed E-state index contributed by atoms with van der Waals surface area (Å²) in [6.07, 6.45) is 1.63. The molecule has 3 aromatic carbocycles. The van der Waals surface area contributed by atoms with Crippen molar-refractivity contribution in [3.05, 3.63) is 95.6 Å². The Morgan fingerprint density at radius 2 is 1.64 bits per heavy atom. The van der Waals surface area contributed by atoms with Crippen LogP contribution in [0.4, 0.5) is 5.69 Å². The van der Waals surface area contributed by atoms with Gasteiger partial charge in [0.1, 0.15) is 5.75 Å². The summed E-state index contributed by atoms with van der Waals surface area (Å²) >= 11 is 0. The predicted octanol–water partition coefficient (Wildman–Crippen LogP) is 5.54. The highest BCUT2D eigenvalue weighted by Crippen LogP contribution is 2.24. The van der Waals surface area contributed by atoms with Gasteiger partial charge in [-0.15, -0.1) is 0 Å². The van der Waals surface area contributed by atoms with E-state index >= 15 is 0 Å². The van der Waals surface area contributed by atoms with Crippen LogP contribution in [-0.4, -0.2) is 25.3 Å². The molecule has 1 amide bonds. The van der Waals surface area contributed by atoms with Crippen LogP contribution >= 0.6 is 0 Å². The average molecular weight is 444 g/mol. The molecule has 0 saturated carbocycles. The van der Waals surface area contributed by atoms with Crippen molar-refractivity contribution in [3.8, 4) is 5.75 Å². The molecule has 0 aliphatic rings. The molecule has 0 heterocycles. The summed E-state index contributed by atoms with van der Waals surface area (Å²) < 4.78 is 5.55. The van der Waals surface area contributed by atoms with Crippen molar-refractivity contribution >= 4 is 17.8 Å². The zero-order valence-electron chi connectivity index (χ0n) is 19.9. The minimum Gasteiger partial charge on any atom is -0.484 e. The van der Waals surface area contributed by atoms with Crippen LogP contribution in [0.1, 0.15) is 44.4 Å². The number of carbonyl (C=O) groups excluding carboxylic acids is 1. The fourth-order valence-electron chi connectivity index (χ4n) is 3.37. The molecule has 0 saturated heterocycles. The minimum atomic E-state index is -0.303. The first-order chi connectivity index (χ1) is 15.8. The van der Waals surface area contributed by atoms with E-state index in [1.165, 1.54) is 11.1 Å². The quantitative estimate of drug-likeness (QED) is 0.349. The highest BCUT2D eigenvalue weighted by Gasteiger charge is 2.13. The molecule has 0 fully saturated rings. The van der Waals surface area contributed by atoms with E-state index in [9.17, 15) is 4.79 Å². The van der Waals surface area contributed by atoms with Gasteiger partial charge in [0.15, 0.2) is 6.61 Å². The smallest absolute Gasteiger partial charge is 0.277 e. The van der Waals surface area contributed by atoms with E-state index in [2.05, 4.69) is 79.5 Å². The number of hydrogen-bond acceptors (Lipinski definition) is 4. The van der Waals surface area contributed by atoms with E-state index in [-0.39, 0.29) is 17.9 Å². The number of ether oxygens (including phenoxy) is 1. The number of amides is 1. The lowest BCUT2D eigenvalue weighted by molar-refractivity contribution is -0.123. The van der Waals surface area contributed by atoms with Crippen LogP contribution in [0.15, 0.2) is 84.0 Å². The van der Waals surface area contributed by atoms with Crippen molar-refractivity contribution in [1.29, 1.82) is 0 Å². The van der Waals surface area contributed by atoms with Crippen molar-refractivity contribution in [2.45, 2.75) is 39.7 Å². The molecule has 0 aliphatic carbocycles. The van der Waals surface area contributed by atoms with E-state index in [4.69, 9.17) is 4.74 Å². The molecule has 1 N–H and O–H groups in total. The van der Waals surface area contributed by atoms with Gasteiger partial charge >= 0.3 is 0 Å². The van der Waals surface area contributed by atoms with Crippen molar-refractivity contribution in [3.63, 3.8) is 0 Å². The highest BCUT2D eigenvalue weighted by molar-refractivity contribution is 5.83. The maximum Gasteiger partial charge on any atom is 0.277 e. The van der Waals surface area contributed by atoms with Gasteiger partial charge in [0.05, 0.1) is 6.21 Å². The van der Waals surface area contributed by atoms with Crippen LogP contribution < -0.4 is 15.1 Å². The van der Waals surface area contributed by atoms with Crippen molar-refractivity contribution in [2.75, 3.05) is 18.1 Å². The van der Waals surface area contributed by atoms with E-state index in [0.717, 1.165) is 24.3 Å². The zero-order valence-corrected chi connectivity index (χ0v) is 19.9. The minimum absolute atomic E-state index is 0.0829. The second-order valence-corrected chi connectivity index (χ2v) is 8.95. The van der Waals surface area contributed by atoms with Crippen LogP contribution in [0, 0.1) is 0 Å². The Kier molecular flexibility index (Phi) is 8.25. The van der Waals surface area contributed by atoms with Gasteiger partial charge in [-0.1, -0.05) is 75.4 Å². The molecule has 0 radical (unpaired) electrons. The number of anilines is 1. The Labute approximate surface area is 197 Å². The first-order valence-corrected chi connectivity index (χ1v) is 11.3. The number of hydrogen-bond donors (Lipinski definition) is 1. The van der Waals surface area contributed by atoms with Gasteiger partial charge in [-0.25, -0.2) is 5.43 Å². The first-order valence-electron chi connectivity index (χ1n) is 11.3. The lowest BCUT2D eigenvalue weighted by Gasteiger charge is -2.23. The lowest BCUT2D eigenvalue weighted by atomic mass is 9.87. The van der Waals surface area contributed by atoms with Crippen LogP contribution in [0.25, 0.3) is 0 Å². The van der Waals surface area contributed by atoms with Crippen LogP contribution in [-0.2, 0) is 16.8 Å². The average Bonchev–Trinajstić information content (AvgIpc) is 2.82. The van der Waals surface area contributed by atoms with Gasteiger partial charge in [-0.05, 0) is 53.3 Å². The number of benzene rings is 3. The molecule has 172 valence electrons. The third-order valence-electron chi connectivity index (χ3n) is 5.35. The Hall–Kier alpha value is -3.60. The summed E-state index contributed by atoms with van der Waals surface area (Å²) in [5, 5.41) is 4.04. The molecule has 0 spiro atoms. The van der Waals surface area contributed by atoms with Gasteiger partial charge < -0.3 is 9.64 Å². The van der Waals surface area contributed by atoms with Gasteiger partial charge in [0, 0.05) is 18.8 Å². The molecule has 3 rings (SSSR count). The van der Waals surface area contributed by atoms with E-state index in [1.807, 2.05) is 42.5 Å². The molecule has 0 bridgehead atoms. The Morgan fingerprint density at radius 3 is 2.24 bits per heavy atom. The number of rotatable bonds is 9. The van der Waals surface area contributed by atoms with Crippen molar-refractivity contribution < 1.29 is 9.53 Å². The van der Waals surface area contributed by atoms with Gasteiger partial charge in [0.25, 0.3) is 5.91 Å². The van der Waals surface area contributed by atoms with Gasteiger partial charge in [0.2, 0.25) is 0 Å².